The summed E-state index contributed by atoms with van der Waals surface area (Å²) in [5.41, 5.74) is 1.52. The zero-order chi connectivity index (χ0) is 16.0. The van der Waals surface area contributed by atoms with Gasteiger partial charge < -0.3 is 10.4 Å². The molecule has 0 aliphatic carbocycles. The van der Waals surface area contributed by atoms with E-state index in [4.69, 9.17) is 5.11 Å². The number of carbonyl (C=O) groups excluding carboxylic acids is 1. The molecule has 116 valence electrons. The van der Waals surface area contributed by atoms with Gasteiger partial charge in [0.25, 0.3) is 0 Å². The fourth-order valence-electron chi connectivity index (χ4n) is 1.82. The van der Waals surface area contributed by atoms with Gasteiger partial charge in [-0.3, -0.25) is 13.9 Å². The first-order chi connectivity index (χ1) is 9.79. The number of carbonyl (C=O) groups is 2. The molecule has 2 atom stereocenters. The minimum Gasteiger partial charge on any atom is -0.480 e. The van der Waals surface area contributed by atoms with Gasteiger partial charge in [-0.15, -0.1) is 0 Å². The molecule has 0 heterocycles. The Morgan fingerprint density at radius 2 is 1.90 bits per heavy atom. The van der Waals surface area contributed by atoms with E-state index in [1.807, 2.05) is 19.1 Å². The number of aryl methyl sites for hydroxylation is 1. The summed E-state index contributed by atoms with van der Waals surface area (Å²) in [5.74, 6) is -0.780. The number of nitrogens with one attached hydrogen (secondary N) is 1. The first-order valence-electron chi connectivity index (χ1n) is 6.46. The number of aliphatic carboxylic acids is 1. The van der Waals surface area contributed by atoms with Crippen LogP contribution in [0.2, 0.25) is 0 Å². The number of urea groups is 1. The first kappa shape index (κ1) is 17.2. The van der Waals surface area contributed by atoms with Crippen LogP contribution in [0, 0.1) is 6.92 Å². The van der Waals surface area contributed by atoms with E-state index in [2.05, 4.69) is 5.32 Å². The Morgan fingerprint density at radius 3 is 2.38 bits per heavy atom. The minimum atomic E-state index is -1.10. The van der Waals surface area contributed by atoms with Crippen LogP contribution < -0.4 is 10.2 Å². The van der Waals surface area contributed by atoms with E-state index >= 15 is 0 Å². The monoisotopic (exact) mass is 312 g/mol. The van der Waals surface area contributed by atoms with Gasteiger partial charge in [-0.25, -0.2) is 4.79 Å². The van der Waals surface area contributed by atoms with Crippen molar-refractivity contribution in [2.75, 3.05) is 23.5 Å². The molecule has 1 aromatic carbocycles. The molecule has 0 spiro atoms. The third-order valence-corrected chi connectivity index (χ3v) is 3.71. The number of hydrogen-bond acceptors (Lipinski definition) is 3. The summed E-state index contributed by atoms with van der Waals surface area (Å²) in [6, 6.07) is 6.19. The smallest absolute Gasteiger partial charge is 0.323 e. The quantitative estimate of drug-likeness (QED) is 0.830. The Morgan fingerprint density at radius 1 is 1.33 bits per heavy atom. The van der Waals surface area contributed by atoms with Gasteiger partial charge in [0.2, 0.25) is 0 Å². The largest absolute Gasteiger partial charge is 0.480 e. The van der Waals surface area contributed by atoms with E-state index in [1.165, 1.54) is 0 Å². The van der Waals surface area contributed by atoms with Gasteiger partial charge in [0.1, 0.15) is 6.54 Å². The second-order valence-corrected chi connectivity index (χ2v) is 6.39. The topological polar surface area (TPSA) is 86.7 Å². The third-order valence-electron chi connectivity index (χ3n) is 2.74. The van der Waals surface area contributed by atoms with Gasteiger partial charge in [-0.1, -0.05) is 17.7 Å². The number of benzene rings is 1. The van der Waals surface area contributed by atoms with Crippen molar-refractivity contribution in [3.05, 3.63) is 29.8 Å². The lowest BCUT2D eigenvalue weighted by atomic mass is 10.2. The normalized spacial score (nSPS) is 13.3. The second-order valence-electron chi connectivity index (χ2n) is 4.91. The SMILES string of the molecule is Cc1ccc(N(CC(=O)O)C(=O)NC(C)CS(C)=O)cc1. The van der Waals surface area contributed by atoms with E-state index in [0.717, 1.165) is 10.5 Å². The highest BCUT2D eigenvalue weighted by molar-refractivity contribution is 7.84. The average molecular weight is 312 g/mol. The maximum atomic E-state index is 12.2. The fourth-order valence-corrected chi connectivity index (χ4v) is 2.61. The molecule has 2 unspecified atom stereocenters. The van der Waals surface area contributed by atoms with Gasteiger partial charge in [-0.05, 0) is 26.0 Å². The average Bonchev–Trinajstić information content (AvgIpc) is 2.35. The number of carboxylic acids is 1. The van der Waals surface area contributed by atoms with Gasteiger partial charge in [0, 0.05) is 34.5 Å². The highest BCUT2D eigenvalue weighted by Gasteiger charge is 2.20. The maximum absolute atomic E-state index is 12.2. The van der Waals surface area contributed by atoms with Crippen molar-refractivity contribution in [2.45, 2.75) is 19.9 Å². The van der Waals surface area contributed by atoms with E-state index in [0.29, 0.717) is 11.4 Å². The number of carboxylic acid groups (broad SMARTS) is 1. The third kappa shape index (κ3) is 5.95. The molecule has 1 aromatic rings. The van der Waals surface area contributed by atoms with Gasteiger partial charge in [0.15, 0.2) is 0 Å². The summed E-state index contributed by atoms with van der Waals surface area (Å²) in [4.78, 5) is 24.3. The van der Waals surface area contributed by atoms with Crippen LogP contribution in [-0.4, -0.2) is 45.9 Å². The number of amides is 2. The molecule has 0 bridgehead atoms. The summed E-state index contributed by atoms with van der Waals surface area (Å²) < 4.78 is 11.1. The van der Waals surface area contributed by atoms with E-state index in [9.17, 15) is 13.8 Å². The van der Waals surface area contributed by atoms with Crippen molar-refractivity contribution in [3.8, 4) is 0 Å². The standard InChI is InChI=1S/C14H20N2O4S/c1-10-4-6-12(7-5-10)16(8-13(17)18)14(19)15-11(2)9-21(3)20/h4-7,11H,8-9H2,1-3H3,(H,15,19)(H,17,18). The van der Waals surface area contributed by atoms with E-state index < -0.39 is 29.3 Å². The molecule has 0 saturated heterocycles. The summed E-state index contributed by atoms with van der Waals surface area (Å²) in [6.07, 6.45) is 1.55. The number of anilines is 1. The molecule has 2 amide bonds. The minimum absolute atomic E-state index is 0.301. The lowest BCUT2D eigenvalue weighted by Gasteiger charge is -2.23. The van der Waals surface area contributed by atoms with Gasteiger partial charge in [0.05, 0.1) is 0 Å². The van der Waals surface area contributed by atoms with Crippen molar-refractivity contribution in [3.63, 3.8) is 0 Å². The zero-order valence-corrected chi connectivity index (χ0v) is 13.1. The Bertz CT molecular complexity index is 530. The molecule has 21 heavy (non-hydrogen) atoms. The summed E-state index contributed by atoms with van der Waals surface area (Å²) in [5, 5.41) is 11.6. The predicted molar refractivity (Wildman–Crippen MR) is 83.1 cm³/mol. The second kappa shape index (κ2) is 7.78. The van der Waals surface area contributed by atoms with Crippen LogP contribution in [0.4, 0.5) is 10.5 Å². The first-order valence-corrected chi connectivity index (χ1v) is 8.19. The maximum Gasteiger partial charge on any atom is 0.323 e. The highest BCUT2D eigenvalue weighted by atomic mass is 32.2. The molecule has 0 aromatic heterocycles. The lowest BCUT2D eigenvalue weighted by molar-refractivity contribution is -0.135. The molecule has 2 N–H and O–H groups in total. The number of rotatable bonds is 6. The van der Waals surface area contributed by atoms with Crippen molar-refractivity contribution in [2.24, 2.45) is 0 Å². The van der Waals surface area contributed by atoms with Gasteiger partial charge in [-0.2, -0.15) is 0 Å². The summed E-state index contributed by atoms with van der Waals surface area (Å²) in [6.45, 7) is 3.20. The van der Waals surface area contributed by atoms with Crippen LogP contribution in [0.15, 0.2) is 24.3 Å². The van der Waals surface area contributed by atoms with E-state index in [1.54, 1.807) is 25.3 Å². The molecular weight excluding hydrogens is 292 g/mol. The number of nitrogens with zero attached hydrogens (tertiary/aromatic N) is 1. The lowest BCUT2D eigenvalue weighted by Crippen LogP contribution is -2.47. The summed E-state index contributed by atoms with van der Waals surface area (Å²) in [7, 11) is -1.03. The summed E-state index contributed by atoms with van der Waals surface area (Å²) >= 11 is 0. The zero-order valence-electron chi connectivity index (χ0n) is 12.3. The molecule has 0 saturated carbocycles. The Balaban J connectivity index is 2.86. The predicted octanol–water partition coefficient (Wildman–Crippen LogP) is 1.36. The van der Waals surface area contributed by atoms with Crippen LogP contribution in [0.1, 0.15) is 12.5 Å². The molecule has 0 fully saturated rings. The molecule has 6 nitrogen and oxygen atoms in total. The van der Waals surface area contributed by atoms with Crippen molar-refractivity contribution in [1.82, 2.24) is 5.32 Å². The molecule has 0 aliphatic heterocycles. The molecule has 0 radical (unpaired) electrons. The fraction of sp³-hybridized carbons (Fsp3) is 0.429. The van der Waals surface area contributed by atoms with Crippen LogP contribution >= 0.6 is 0 Å². The van der Waals surface area contributed by atoms with Crippen molar-refractivity contribution >= 4 is 28.5 Å². The van der Waals surface area contributed by atoms with Crippen LogP contribution in [0.25, 0.3) is 0 Å². The number of hydrogen-bond donors (Lipinski definition) is 2. The van der Waals surface area contributed by atoms with Crippen molar-refractivity contribution < 1.29 is 18.9 Å². The van der Waals surface area contributed by atoms with Crippen LogP contribution in [0.3, 0.4) is 0 Å². The molecule has 7 heteroatoms. The Labute approximate surface area is 126 Å². The Kier molecular flexibility index (Phi) is 6.36. The Hall–Kier alpha value is -1.89. The van der Waals surface area contributed by atoms with Crippen molar-refractivity contribution in [1.29, 1.82) is 0 Å². The van der Waals surface area contributed by atoms with Gasteiger partial charge >= 0.3 is 12.0 Å². The molecule has 1 rings (SSSR count). The van der Waals surface area contributed by atoms with Crippen LogP contribution in [-0.2, 0) is 15.6 Å². The van der Waals surface area contributed by atoms with E-state index in [-0.39, 0.29) is 6.04 Å². The molecule has 0 aliphatic rings. The molecular formula is C14H20N2O4S. The highest BCUT2D eigenvalue weighted by Crippen LogP contribution is 2.15. The van der Waals surface area contributed by atoms with Crippen LogP contribution in [0.5, 0.6) is 0 Å².